The van der Waals surface area contributed by atoms with Gasteiger partial charge in [-0.2, -0.15) is 0 Å². The Labute approximate surface area is 93.7 Å². The maximum Gasteiger partial charge on any atom is 0.157 e. The highest BCUT2D eigenvalue weighted by Crippen LogP contribution is 2.26. The molecule has 3 nitrogen and oxygen atoms in total. The summed E-state index contributed by atoms with van der Waals surface area (Å²) < 4.78 is 11.0. The highest BCUT2D eigenvalue weighted by atomic mass is 35.5. The van der Waals surface area contributed by atoms with E-state index >= 15 is 0 Å². The molecule has 0 aromatic rings. The van der Waals surface area contributed by atoms with E-state index < -0.39 is 0 Å². The van der Waals surface area contributed by atoms with Crippen molar-refractivity contribution in [2.45, 2.75) is 58.8 Å². The lowest BCUT2D eigenvalue weighted by Crippen LogP contribution is -2.35. The summed E-state index contributed by atoms with van der Waals surface area (Å²) >= 11 is 0. The fraction of sp³-hybridized carbons (Fsp3) is 1.00. The average Bonchev–Trinajstić information content (AvgIpc) is 2.15. The van der Waals surface area contributed by atoms with Gasteiger partial charge in [-0.1, -0.05) is 20.8 Å². The lowest BCUT2D eigenvalue weighted by Gasteiger charge is -2.33. The Kier molecular flexibility index (Phi) is 10.0. The van der Waals surface area contributed by atoms with Crippen LogP contribution in [0, 0.1) is 0 Å². The van der Waals surface area contributed by atoms with Gasteiger partial charge in [-0.3, -0.25) is 0 Å². The molecule has 0 aliphatic carbocycles. The van der Waals surface area contributed by atoms with Crippen LogP contribution in [0.15, 0.2) is 0 Å². The Hall–Kier alpha value is 0.170. The molecule has 4 heteroatoms. The molecule has 1 atom stereocenters. The predicted octanol–water partition coefficient (Wildman–Crippen LogP) is 2.67. The van der Waals surface area contributed by atoms with E-state index in [1.54, 1.807) is 0 Å². The van der Waals surface area contributed by atoms with Gasteiger partial charge in [-0.15, -0.1) is 12.4 Å². The van der Waals surface area contributed by atoms with Gasteiger partial charge in [0, 0.05) is 0 Å². The van der Waals surface area contributed by atoms with Gasteiger partial charge in [0.15, 0.2) is 6.29 Å². The molecule has 0 heterocycles. The van der Waals surface area contributed by atoms with Gasteiger partial charge >= 0.3 is 0 Å². The summed E-state index contributed by atoms with van der Waals surface area (Å²) in [6.07, 6.45) is 2.83. The van der Waals surface area contributed by atoms with Crippen molar-refractivity contribution in [1.82, 2.24) is 0 Å². The largest absolute Gasteiger partial charge is 0.346 e. The van der Waals surface area contributed by atoms with E-state index in [0.29, 0.717) is 0 Å². The lowest BCUT2D eigenvalue weighted by molar-refractivity contribution is -0.205. The molecule has 0 aromatic heterocycles. The van der Waals surface area contributed by atoms with Crippen molar-refractivity contribution in [3.05, 3.63) is 0 Å². The van der Waals surface area contributed by atoms with Crippen LogP contribution in [0.3, 0.4) is 0 Å². The van der Waals surface area contributed by atoms with E-state index in [9.17, 15) is 0 Å². The van der Waals surface area contributed by atoms with Crippen molar-refractivity contribution >= 4 is 12.4 Å². The fourth-order valence-corrected chi connectivity index (χ4v) is 1.52. The van der Waals surface area contributed by atoms with Crippen molar-refractivity contribution in [2.24, 2.45) is 5.73 Å². The van der Waals surface area contributed by atoms with Crippen molar-refractivity contribution in [2.75, 3.05) is 6.73 Å². The zero-order valence-corrected chi connectivity index (χ0v) is 10.5. The quantitative estimate of drug-likeness (QED) is 0.678. The summed E-state index contributed by atoms with van der Waals surface area (Å²) in [5, 5.41) is 0. The third kappa shape index (κ3) is 5.15. The van der Waals surface area contributed by atoms with E-state index in [2.05, 4.69) is 20.8 Å². The molecule has 0 aromatic carbocycles. The van der Waals surface area contributed by atoms with Crippen LogP contribution in [0.5, 0.6) is 0 Å². The first-order chi connectivity index (χ1) is 6.14. The molecule has 14 heavy (non-hydrogen) atoms. The predicted molar refractivity (Wildman–Crippen MR) is 61.5 cm³/mol. The monoisotopic (exact) mass is 225 g/mol. The number of hydrogen-bond acceptors (Lipinski definition) is 3. The molecule has 0 aliphatic heterocycles. The zero-order chi connectivity index (χ0) is 10.3. The van der Waals surface area contributed by atoms with Crippen molar-refractivity contribution < 1.29 is 9.47 Å². The number of hydrogen-bond donors (Lipinski definition) is 1. The van der Waals surface area contributed by atoms with Gasteiger partial charge in [-0.05, 0) is 26.2 Å². The number of rotatable bonds is 7. The Morgan fingerprint density at radius 1 is 1.14 bits per heavy atom. The molecule has 0 spiro atoms. The van der Waals surface area contributed by atoms with E-state index in [1.165, 1.54) is 0 Å². The van der Waals surface area contributed by atoms with E-state index in [-0.39, 0.29) is 31.0 Å². The molecule has 0 radical (unpaired) electrons. The van der Waals surface area contributed by atoms with Gasteiger partial charge in [0.1, 0.15) is 0 Å². The summed E-state index contributed by atoms with van der Waals surface area (Å²) in [7, 11) is 0. The van der Waals surface area contributed by atoms with Crippen LogP contribution >= 0.6 is 12.4 Å². The third-order valence-electron chi connectivity index (χ3n) is 2.68. The summed E-state index contributed by atoms with van der Waals surface area (Å²) in [6, 6.07) is 0. The molecule has 88 valence electrons. The zero-order valence-electron chi connectivity index (χ0n) is 9.71. The standard InChI is InChI=1S/C10H23NO2.ClH/c1-5-10(6-2,7-3)13-9(4)12-8-11;/h9H,5-8,11H2,1-4H3;1H. The van der Waals surface area contributed by atoms with Gasteiger partial charge in [0.2, 0.25) is 0 Å². The van der Waals surface area contributed by atoms with Crippen molar-refractivity contribution in [1.29, 1.82) is 0 Å². The summed E-state index contributed by atoms with van der Waals surface area (Å²) in [5.74, 6) is 0. The Balaban J connectivity index is 0. The minimum absolute atomic E-state index is 0. The summed E-state index contributed by atoms with van der Waals surface area (Å²) in [4.78, 5) is 0. The maximum absolute atomic E-state index is 5.82. The van der Waals surface area contributed by atoms with Crippen LogP contribution in [0.4, 0.5) is 0 Å². The van der Waals surface area contributed by atoms with E-state index in [1.807, 2.05) is 6.92 Å². The highest BCUT2D eigenvalue weighted by Gasteiger charge is 2.27. The molecular formula is C10H24ClNO2. The van der Waals surface area contributed by atoms with Crippen LogP contribution in [-0.2, 0) is 9.47 Å². The Morgan fingerprint density at radius 3 is 1.86 bits per heavy atom. The van der Waals surface area contributed by atoms with Gasteiger partial charge in [0.25, 0.3) is 0 Å². The third-order valence-corrected chi connectivity index (χ3v) is 2.68. The number of ether oxygens (including phenoxy) is 2. The first kappa shape index (κ1) is 16.6. The van der Waals surface area contributed by atoms with Crippen LogP contribution in [0.1, 0.15) is 47.0 Å². The SMILES string of the molecule is CCC(CC)(CC)OC(C)OCN.Cl. The maximum atomic E-state index is 5.82. The first-order valence-electron chi connectivity index (χ1n) is 5.13. The van der Waals surface area contributed by atoms with Crippen LogP contribution in [-0.4, -0.2) is 18.6 Å². The second-order valence-corrected chi connectivity index (χ2v) is 3.26. The molecule has 0 saturated heterocycles. The van der Waals surface area contributed by atoms with Gasteiger partial charge < -0.3 is 15.2 Å². The molecule has 2 N–H and O–H groups in total. The molecule has 0 fully saturated rings. The van der Waals surface area contributed by atoms with Gasteiger partial charge in [0.05, 0.1) is 12.3 Å². The first-order valence-corrected chi connectivity index (χ1v) is 5.13. The van der Waals surface area contributed by atoms with Crippen molar-refractivity contribution in [3.63, 3.8) is 0 Å². The molecule has 0 bridgehead atoms. The summed E-state index contributed by atoms with van der Waals surface area (Å²) in [6.45, 7) is 8.53. The second-order valence-electron chi connectivity index (χ2n) is 3.26. The normalized spacial score (nSPS) is 13.5. The van der Waals surface area contributed by atoms with E-state index in [4.69, 9.17) is 15.2 Å². The topological polar surface area (TPSA) is 44.5 Å². The van der Waals surface area contributed by atoms with Crippen molar-refractivity contribution in [3.8, 4) is 0 Å². The van der Waals surface area contributed by atoms with Crippen LogP contribution in [0.25, 0.3) is 0 Å². The molecule has 1 unspecified atom stereocenters. The second kappa shape index (κ2) is 8.48. The fourth-order valence-electron chi connectivity index (χ4n) is 1.52. The lowest BCUT2D eigenvalue weighted by atomic mass is 9.94. The number of halogens is 1. The van der Waals surface area contributed by atoms with Gasteiger partial charge in [-0.25, -0.2) is 0 Å². The van der Waals surface area contributed by atoms with Crippen LogP contribution < -0.4 is 5.73 Å². The minimum atomic E-state index is -0.204. The Bertz CT molecular complexity index is 121. The molecular weight excluding hydrogens is 202 g/mol. The average molecular weight is 226 g/mol. The number of nitrogens with two attached hydrogens (primary N) is 1. The molecule has 0 aliphatic rings. The smallest absolute Gasteiger partial charge is 0.157 e. The van der Waals surface area contributed by atoms with Crippen LogP contribution in [0.2, 0.25) is 0 Å². The molecule has 0 saturated carbocycles. The highest BCUT2D eigenvalue weighted by molar-refractivity contribution is 5.85. The summed E-state index contributed by atoms with van der Waals surface area (Å²) in [5.41, 5.74) is 5.24. The molecule has 0 rings (SSSR count). The minimum Gasteiger partial charge on any atom is -0.346 e. The Morgan fingerprint density at radius 2 is 1.57 bits per heavy atom. The van der Waals surface area contributed by atoms with E-state index in [0.717, 1.165) is 19.3 Å². The molecule has 0 amide bonds.